The van der Waals surface area contributed by atoms with E-state index in [-0.39, 0.29) is 11.4 Å². The average Bonchev–Trinajstić information content (AvgIpc) is 2.08. The molecule has 0 atom stereocenters. The molecule has 0 spiro atoms. The molecule has 0 saturated carbocycles. The van der Waals surface area contributed by atoms with Gasteiger partial charge < -0.3 is 9.66 Å². The summed E-state index contributed by atoms with van der Waals surface area (Å²) in [4.78, 5) is 0.703. The maximum Gasteiger partial charge on any atom is 0.523 e. The van der Waals surface area contributed by atoms with Gasteiger partial charge in [0.1, 0.15) is 6.20 Å². The van der Waals surface area contributed by atoms with E-state index in [4.69, 9.17) is 0 Å². The van der Waals surface area contributed by atoms with Gasteiger partial charge in [-0.3, -0.25) is 0 Å². The van der Waals surface area contributed by atoms with Gasteiger partial charge in [-0.15, -0.1) is 8.42 Å². The number of rotatable bonds is 0. The summed E-state index contributed by atoms with van der Waals surface area (Å²) in [6.45, 7) is 0. The Labute approximate surface area is 60.9 Å². The second-order valence-corrected chi connectivity index (χ2v) is 2.66. The number of fused-ring (bicyclic) bond motifs is 2. The summed E-state index contributed by atoms with van der Waals surface area (Å²) in [7, 11) is -3.95. The molecule has 0 unspecified atom stereocenters. The molecule has 1 aliphatic rings. The summed E-state index contributed by atoms with van der Waals surface area (Å²) in [5.41, 5.74) is 0. The zero-order valence-electron chi connectivity index (χ0n) is 4.96. The van der Waals surface area contributed by atoms with Crippen LogP contribution in [0, 0.1) is 0 Å². The zero-order chi connectivity index (χ0) is 7.19. The van der Waals surface area contributed by atoms with E-state index in [1.165, 1.54) is 6.20 Å². The highest BCUT2D eigenvalue weighted by Crippen LogP contribution is 2.10. The first-order chi connectivity index (χ1) is 4.66. The van der Waals surface area contributed by atoms with Crippen LogP contribution in [0.1, 0.15) is 0 Å². The monoisotopic (exact) mass is 181 g/mol. The third kappa shape index (κ3) is 1.23. The Balaban J connectivity index is 0.000000605. The quantitative estimate of drug-likeness (QED) is 0.437. The Hall–Kier alpha value is -1.35. The molecule has 2 rings (SSSR count). The van der Waals surface area contributed by atoms with Crippen LogP contribution < -0.4 is 8.47 Å². The number of nitrogens with zero attached hydrogens (tertiary/aromatic N) is 3. The second kappa shape index (κ2) is 2.07. The SMILES string of the molecule is O.O=S1(=O)Oc2cn(nn2)O1. The maximum absolute atomic E-state index is 10.5. The van der Waals surface area contributed by atoms with Gasteiger partial charge in [0.25, 0.3) is 5.88 Å². The standard InChI is InChI=1S/C2HN3O4S.H2O/c6-10(7)8-2-1-5(9-10)4-3-2;/h1H;1H2. The molecule has 2 N–H and O–H groups in total. The fourth-order valence-corrected chi connectivity index (χ4v) is 1.10. The molecule has 1 aliphatic heterocycles. The van der Waals surface area contributed by atoms with Crippen molar-refractivity contribution in [3.63, 3.8) is 0 Å². The number of hydrogen-bond donors (Lipinski definition) is 0. The molecule has 62 valence electrons. The molecule has 2 heterocycles. The summed E-state index contributed by atoms with van der Waals surface area (Å²) >= 11 is 0. The molecule has 1 aromatic rings. The maximum atomic E-state index is 10.5. The molecule has 1 aromatic heterocycles. The van der Waals surface area contributed by atoms with Crippen LogP contribution in [-0.2, 0) is 10.4 Å². The fraction of sp³-hybridized carbons (Fsp3) is 0. The van der Waals surface area contributed by atoms with Gasteiger partial charge in [-0.1, -0.05) is 9.94 Å². The molecule has 0 aromatic carbocycles. The van der Waals surface area contributed by atoms with Crippen LogP contribution in [0.5, 0.6) is 5.88 Å². The van der Waals surface area contributed by atoms with Crippen LogP contribution in [0.15, 0.2) is 6.20 Å². The van der Waals surface area contributed by atoms with Gasteiger partial charge in [0.2, 0.25) is 0 Å². The Morgan fingerprint density at radius 2 is 2.27 bits per heavy atom. The van der Waals surface area contributed by atoms with Gasteiger partial charge in [0, 0.05) is 0 Å². The van der Waals surface area contributed by atoms with E-state index in [1.54, 1.807) is 0 Å². The van der Waals surface area contributed by atoms with E-state index >= 15 is 0 Å². The molecule has 2 bridgehead atoms. The highest BCUT2D eigenvalue weighted by atomic mass is 32.3. The van der Waals surface area contributed by atoms with E-state index in [0.717, 1.165) is 0 Å². The van der Waals surface area contributed by atoms with Crippen molar-refractivity contribution in [1.29, 1.82) is 0 Å². The molecule has 0 saturated heterocycles. The van der Waals surface area contributed by atoms with Crippen molar-refractivity contribution < 1.29 is 22.4 Å². The molecular weight excluding hydrogens is 178 g/mol. The Morgan fingerprint density at radius 3 is 2.91 bits per heavy atom. The predicted octanol–water partition coefficient (Wildman–Crippen LogP) is -2.48. The van der Waals surface area contributed by atoms with Crippen molar-refractivity contribution in [2.45, 2.75) is 0 Å². The first-order valence-corrected chi connectivity index (χ1v) is 3.56. The van der Waals surface area contributed by atoms with Crippen LogP contribution in [0.25, 0.3) is 0 Å². The van der Waals surface area contributed by atoms with Crippen LogP contribution in [0.2, 0.25) is 0 Å². The Kier molecular flexibility index (Phi) is 1.46. The molecular formula is C2H3N3O5S. The van der Waals surface area contributed by atoms with Crippen molar-refractivity contribution >= 4 is 10.4 Å². The van der Waals surface area contributed by atoms with Gasteiger partial charge in [-0.2, -0.15) is 0 Å². The van der Waals surface area contributed by atoms with Crippen LogP contribution >= 0.6 is 0 Å². The molecule has 0 radical (unpaired) electrons. The highest BCUT2D eigenvalue weighted by molar-refractivity contribution is 7.82. The minimum Gasteiger partial charge on any atom is -0.412 e. The zero-order valence-corrected chi connectivity index (χ0v) is 5.78. The van der Waals surface area contributed by atoms with Crippen molar-refractivity contribution in [3.05, 3.63) is 6.20 Å². The number of aromatic nitrogens is 3. The predicted molar refractivity (Wildman–Crippen MR) is 29.8 cm³/mol. The topological polar surface area (TPSA) is 115 Å². The van der Waals surface area contributed by atoms with Gasteiger partial charge in [0.05, 0.1) is 0 Å². The summed E-state index contributed by atoms with van der Waals surface area (Å²) in [6, 6.07) is 0. The third-order valence-corrected chi connectivity index (χ3v) is 1.52. The van der Waals surface area contributed by atoms with E-state index in [9.17, 15) is 8.42 Å². The lowest BCUT2D eigenvalue weighted by atomic mass is 10.9. The third-order valence-electron chi connectivity index (χ3n) is 0.807. The van der Waals surface area contributed by atoms with E-state index < -0.39 is 10.4 Å². The van der Waals surface area contributed by atoms with E-state index in [1.807, 2.05) is 0 Å². The molecule has 0 amide bonds. The van der Waals surface area contributed by atoms with Crippen molar-refractivity contribution in [2.75, 3.05) is 0 Å². The van der Waals surface area contributed by atoms with Crippen molar-refractivity contribution in [3.8, 4) is 5.88 Å². The highest BCUT2D eigenvalue weighted by Gasteiger charge is 2.24. The lowest BCUT2D eigenvalue weighted by molar-refractivity contribution is 0.200. The van der Waals surface area contributed by atoms with Crippen LogP contribution in [0.4, 0.5) is 0 Å². The van der Waals surface area contributed by atoms with Crippen molar-refractivity contribution in [1.82, 2.24) is 15.2 Å². The van der Waals surface area contributed by atoms with Crippen LogP contribution in [-0.4, -0.2) is 29.1 Å². The average molecular weight is 181 g/mol. The molecule has 9 heteroatoms. The molecule has 0 aliphatic carbocycles. The normalized spacial score (nSPS) is 17.5. The molecule has 11 heavy (non-hydrogen) atoms. The van der Waals surface area contributed by atoms with Gasteiger partial charge in [-0.05, 0) is 5.21 Å². The van der Waals surface area contributed by atoms with Gasteiger partial charge in [0.15, 0.2) is 0 Å². The Morgan fingerprint density at radius 1 is 1.55 bits per heavy atom. The second-order valence-electron chi connectivity index (χ2n) is 1.53. The summed E-state index contributed by atoms with van der Waals surface area (Å²) in [6.07, 6.45) is 1.20. The lowest BCUT2D eigenvalue weighted by Crippen LogP contribution is -2.26. The Bertz CT molecular complexity index is 327. The van der Waals surface area contributed by atoms with Crippen LogP contribution in [0.3, 0.4) is 0 Å². The molecule has 8 nitrogen and oxygen atoms in total. The summed E-state index contributed by atoms with van der Waals surface area (Å²) < 4.78 is 29.2. The largest absolute Gasteiger partial charge is 0.523 e. The minimum atomic E-state index is -3.95. The fourth-order valence-electron chi connectivity index (χ4n) is 0.522. The summed E-state index contributed by atoms with van der Waals surface area (Å²) in [5.74, 6) is -0.0914. The van der Waals surface area contributed by atoms with E-state index in [2.05, 4.69) is 18.8 Å². The minimum absolute atomic E-state index is 0. The van der Waals surface area contributed by atoms with Crippen molar-refractivity contribution in [2.24, 2.45) is 0 Å². The van der Waals surface area contributed by atoms with E-state index in [0.29, 0.717) is 4.85 Å². The number of hydrogen-bond acceptors (Lipinski definition) is 6. The smallest absolute Gasteiger partial charge is 0.412 e. The van der Waals surface area contributed by atoms with Gasteiger partial charge in [-0.25, -0.2) is 4.28 Å². The summed E-state index contributed by atoms with van der Waals surface area (Å²) in [5, 5.41) is 6.51. The molecule has 0 fully saturated rings. The first kappa shape index (κ1) is 7.75. The first-order valence-electron chi connectivity index (χ1n) is 2.22. The van der Waals surface area contributed by atoms with Gasteiger partial charge >= 0.3 is 10.4 Å². The lowest BCUT2D eigenvalue weighted by Gasteiger charge is -2.04.